The summed E-state index contributed by atoms with van der Waals surface area (Å²) in [4.78, 5) is 4.10. The number of hydrogen-bond acceptors (Lipinski definition) is 1. The summed E-state index contributed by atoms with van der Waals surface area (Å²) in [5.74, 6) is 0. The maximum atomic E-state index is 4.10. The fraction of sp³-hybridized carbons (Fsp3) is 0.222. The molecule has 1 heterocycles. The summed E-state index contributed by atoms with van der Waals surface area (Å²) in [6.07, 6.45) is 7.09. The fourth-order valence-electron chi connectivity index (χ4n) is 0.740. The van der Waals surface area contributed by atoms with E-state index in [-0.39, 0.29) is 0 Å². The topological polar surface area (TPSA) is 12.9 Å². The van der Waals surface area contributed by atoms with Crippen LogP contribution in [0.5, 0.6) is 0 Å². The second kappa shape index (κ2) is 4.29. The minimum atomic E-state index is 0.881. The van der Waals surface area contributed by atoms with E-state index >= 15 is 0 Å². The van der Waals surface area contributed by atoms with Gasteiger partial charge in [0.2, 0.25) is 0 Å². The Morgan fingerprint density at radius 2 is 2.36 bits per heavy atom. The van der Waals surface area contributed by atoms with E-state index < -0.39 is 0 Å². The van der Waals surface area contributed by atoms with Crippen molar-refractivity contribution in [2.24, 2.45) is 0 Å². The van der Waals surface area contributed by atoms with Gasteiger partial charge in [-0.15, -0.1) is 0 Å². The molecular formula is C9H10BrN. The molecule has 0 fully saturated rings. The summed E-state index contributed by atoms with van der Waals surface area (Å²) < 4.78 is 0.881. The molecule has 1 rings (SSSR count). The lowest BCUT2D eigenvalue weighted by Gasteiger charge is -1.91. The van der Waals surface area contributed by atoms with Crippen molar-refractivity contribution in [3.63, 3.8) is 0 Å². The first kappa shape index (κ1) is 8.47. The molecule has 0 saturated heterocycles. The lowest BCUT2D eigenvalue weighted by Crippen LogP contribution is -1.75. The first-order valence-electron chi connectivity index (χ1n) is 3.61. The van der Waals surface area contributed by atoms with Gasteiger partial charge in [-0.1, -0.05) is 25.1 Å². The van der Waals surface area contributed by atoms with Crippen LogP contribution in [0.4, 0.5) is 0 Å². The smallest absolute Gasteiger partial charge is 0.106 e. The van der Waals surface area contributed by atoms with Crippen molar-refractivity contribution in [2.75, 3.05) is 0 Å². The van der Waals surface area contributed by atoms with E-state index in [2.05, 4.69) is 40.0 Å². The Kier molecular flexibility index (Phi) is 3.30. The van der Waals surface area contributed by atoms with E-state index in [1.807, 2.05) is 18.3 Å². The van der Waals surface area contributed by atoms with Crippen molar-refractivity contribution in [3.05, 3.63) is 34.6 Å². The number of rotatable bonds is 2. The van der Waals surface area contributed by atoms with Gasteiger partial charge in [0, 0.05) is 6.20 Å². The van der Waals surface area contributed by atoms with Gasteiger partial charge < -0.3 is 0 Å². The highest BCUT2D eigenvalue weighted by atomic mass is 79.9. The van der Waals surface area contributed by atoms with Crippen LogP contribution >= 0.6 is 15.9 Å². The van der Waals surface area contributed by atoms with E-state index in [1.165, 1.54) is 0 Å². The summed E-state index contributed by atoms with van der Waals surface area (Å²) in [5.41, 5.74) is 1.15. The summed E-state index contributed by atoms with van der Waals surface area (Å²) >= 11 is 3.28. The Morgan fingerprint density at radius 3 is 2.91 bits per heavy atom. The summed E-state index contributed by atoms with van der Waals surface area (Å²) in [5, 5.41) is 0. The Morgan fingerprint density at radius 1 is 1.55 bits per heavy atom. The molecule has 0 aromatic carbocycles. The number of halogens is 1. The third-order valence-corrected chi connectivity index (χ3v) is 1.77. The van der Waals surface area contributed by atoms with Crippen molar-refractivity contribution in [2.45, 2.75) is 13.3 Å². The molecule has 11 heavy (non-hydrogen) atoms. The maximum absolute atomic E-state index is 4.10. The number of hydrogen-bond donors (Lipinski definition) is 0. The fourth-order valence-corrected chi connectivity index (χ4v) is 0.974. The van der Waals surface area contributed by atoms with Gasteiger partial charge in [-0.05, 0) is 34.0 Å². The molecule has 1 aromatic heterocycles. The monoisotopic (exact) mass is 211 g/mol. The third kappa shape index (κ3) is 2.85. The molecule has 1 aromatic rings. The van der Waals surface area contributed by atoms with E-state index in [0.29, 0.717) is 0 Å². The quantitative estimate of drug-likeness (QED) is 0.685. The zero-order chi connectivity index (χ0) is 8.10. The minimum Gasteiger partial charge on any atom is -0.249 e. The molecule has 0 aliphatic heterocycles. The summed E-state index contributed by atoms with van der Waals surface area (Å²) in [6.45, 7) is 2.11. The average molecular weight is 212 g/mol. The second-order valence-electron chi connectivity index (χ2n) is 2.22. The molecule has 2 heteroatoms. The average Bonchev–Trinajstić information content (AvgIpc) is 2.04. The van der Waals surface area contributed by atoms with E-state index in [0.717, 1.165) is 16.6 Å². The molecule has 0 aliphatic rings. The van der Waals surface area contributed by atoms with Crippen LogP contribution in [0, 0.1) is 0 Å². The highest BCUT2D eigenvalue weighted by molar-refractivity contribution is 9.10. The van der Waals surface area contributed by atoms with Gasteiger partial charge in [0.25, 0.3) is 0 Å². The Bertz CT molecular complexity index is 238. The van der Waals surface area contributed by atoms with Gasteiger partial charge in [-0.25, -0.2) is 4.98 Å². The van der Waals surface area contributed by atoms with Crippen LogP contribution in [0.2, 0.25) is 0 Å². The molecule has 0 bridgehead atoms. The molecule has 58 valence electrons. The third-order valence-electron chi connectivity index (χ3n) is 1.30. The zero-order valence-corrected chi connectivity index (χ0v) is 8.01. The number of allylic oxidation sites excluding steroid dienone is 1. The molecular weight excluding hydrogens is 202 g/mol. The van der Waals surface area contributed by atoms with Gasteiger partial charge in [0.05, 0.1) is 0 Å². The first-order chi connectivity index (χ1) is 5.33. The minimum absolute atomic E-state index is 0.881. The van der Waals surface area contributed by atoms with E-state index in [9.17, 15) is 0 Å². The van der Waals surface area contributed by atoms with Crippen molar-refractivity contribution in [3.8, 4) is 0 Å². The van der Waals surface area contributed by atoms with Crippen LogP contribution in [-0.2, 0) is 0 Å². The molecule has 0 spiro atoms. The van der Waals surface area contributed by atoms with Gasteiger partial charge >= 0.3 is 0 Å². The van der Waals surface area contributed by atoms with Crippen LogP contribution in [-0.4, -0.2) is 4.98 Å². The van der Waals surface area contributed by atoms with Crippen LogP contribution in [0.1, 0.15) is 18.9 Å². The molecule has 0 amide bonds. The highest BCUT2D eigenvalue weighted by Gasteiger charge is 1.86. The molecule has 0 saturated carbocycles. The maximum Gasteiger partial charge on any atom is 0.106 e. The lowest BCUT2D eigenvalue weighted by molar-refractivity contribution is 1.23. The van der Waals surface area contributed by atoms with E-state index in [1.54, 1.807) is 0 Å². The van der Waals surface area contributed by atoms with Crippen molar-refractivity contribution in [1.29, 1.82) is 0 Å². The number of nitrogens with zero attached hydrogens (tertiary/aromatic N) is 1. The lowest BCUT2D eigenvalue weighted by atomic mass is 10.2. The standard InChI is InChI=1S/C9H10BrN/c1-2-3-4-8-5-6-9(10)11-7-8/h3-7H,2H2,1H3/b4-3+. The first-order valence-corrected chi connectivity index (χ1v) is 4.40. The number of aromatic nitrogens is 1. The Hall–Kier alpha value is -0.630. The van der Waals surface area contributed by atoms with Gasteiger partial charge in [0.1, 0.15) is 4.60 Å². The summed E-state index contributed by atoms with van der Waals surface area (Å²) in [6, 6.07) is 3.97. The normalized spacial score (nSPS) is 10.7. The Labute approximate surface area is 75.3 Å². The van der Waals surface area contributed by atoms with Gasteiger partial charge in [0.15, 0.2) is 0 Å². The molecule has 1 nitrogen and oxygen atoms in total. The second-order valence-corrected chi connectivity index (χ2v) is 3.04. The molecule has 0 atom stereocenters. The van der Waals surface area contributed by atoms with Crippen molar-refractivity contribution < 1.29 is 0 Å². The van der Waals surface area contributed by atoms with Crippen LogP contribution in [0.3, 0.4) is 0 Å². The molecule has 0 aliphatic carbocycles. The van der Waals surface area contributed by atoms with Crippen molar-refractivity contribution in [1.82, 2.24) is 4.98 Å². The molecule has 0 radical (unpaired) electrons. The molecule has 0 N–H and O–H groups in total. The van der Waals surface area contributed by atoms with Gasteiger partial charge in [-0.2, -0.15) is 0 Å². The SMILES string of the molecule is CC/C=C/c1ccc(Br)nc1. The van der Waals surface area contributed by atoms with Crippen LogP contribution in [0.15, 0.2) is 29.0 Å². The highest BCUT2D eigenvalue weighted by Crippen LogP contribution is 2.07. The van der Waals surface area contributed by atoms with Gasteiger partial charge in [-0.3, -0.25) is 0 Å². The van der Waals surface area contributed by atoms with Crippen LogP contribution < -0.4 is 0 Å². The number of pyridine rings is 1. The van der Waals surface area contributed by atoms with Crippen LogP contribution in [0.25, 0.3) is 6.08 Å². The zero-order valence-electron chi connectivity index (χ0n) is 6.42. The predicted molar refractivity (Wildman–Crippen MR) is 51.3 cm³/mol. The largest absolute Gasteiger partial charge is 0.249 e. The summed E-state index contributed by atoms with van der Waals surface area (Å²) in [7, 11) is 0. The van der Waals surface area contributed by atoms with E-state index in [4.69, 9.17) is 0 Å². The van der Waals surface area contributed by atoms with Crippen molar-refractivity contribution >= 4 is 22.0 Å². The predicted octanol–water partition coefficient (Wildman–Crippen LogP) is 3.27. The molecule has 0 unspecified atom stereocenters. The Balaban J connectivity index is 2.73.